The van der Waals surface area contributed by atoms with Crippen LogP contribution in [0, 0.1) is 0 Å². The molecule has 0 aliphatic heterocycles. The second-order valence-electron chi connectivity index (χ2n) is 3.12. The van der Waals surface area contributed by atoms with Crippen LogP contribution in [0.4, 0.5) is 13.2 Å². The molecule has 0 N–H and O–H groups in total. The zero-order chi connectivity index (χ0) is 12.4. The molecule has 0 unspecified atom stereocenters. The van der Waals surface area contributed by atoms with Crippen LogP contribution in [0.2, 0.25) is 0 Å². The van der Waals surface area contributed by atoms with E-state index in [1.807, 2.05) is 0 Å². The van der Waals surface area contributed by atoms with Crippen LogP contribution in [0.3, 0.4) is 0 Å². The molecule has 3 nitrogen and oxygen atoms in total. The van der Waals surface area contributed by atoms with E-state index < -0.39 is 22.6 Å². The summed E-state index contributed by atoms with van der Waals surface area (Å²) < 4.78 is 62.5. The number of hydrogen-bond donors (Lipinski definition) is 0. The molecule has 0 bridgehead atoms. The summed E-state index contributed by atoms with van der Waals surface area (Å²) in [6.45, 7) is -1.51. The fourth-order valence-electron chi connectivity index (χ4n) is 1.04. The Morgan fingerprint density at radius 2 is 1.81 bits per heavy atom. The minimum atomic E-state index is -4.50. The van der Waals surface area contributed by atoms with Crippen molar-refractivity contribution in [3.05, 3.63) is 24.3 Å². The summed E-state index contributed by atoms with van der Waals surface area (Å²) in [7, 11) is -3.59. The van der Waals surface area contributed by atoms with E-state index in [9.17, 15) is 21.6 Å². The van der Waals surface area contributed by atoms with Crippen LogP contribution in [0.15, 0.2) is 29.2 Å². The summed E-state index contributed by atoms with van der Waals surface area (Å²) in [6.07, 6.45) is -3.59. The molecule has 0 aliphatic carbocycles. The Morgan fingerprint density at radius 1 is 1.25 bits per heavy atom. The highest BCUT2D eigenvalue weighted by Crippen LogP contribution is 2.25. The first-order valence-electron chi connectivity index (χ1n) is 4.19. The van der Waals surface area contributed by atoms with Gasteiger partial charge < -0.3 is 4.74 Å². The van der Waals surface area contributed by atoms with Gasteiger partial charge in [-0.3, -0.25) is 0 Å². The van der Waals surface area contributed by atoms with Gasteiger partial charge in [-0.15, -0.1) is 0 Å². The van der Waals surface area contributed by atoms with E-state index in [1.165, 1.54) is 24.3 Å². The van der Waals surface area contributed by atoms with E-state index in [0.29, 0.717) is 0 Å². The van der Waals surface area contributed by atoms with Gasteiger partial charge in [0, 0.05) is 6.26 Å². The minimum Gasteiger partial charge on any atom is -0.483 e. The molecule has 16 heavy (non-hydrogen) atoms. The molecule has 90 valence electrons. The fraction of sp³-hybridized carbons (Fsp3) is 0.333. The molecule has 7 heteroatoms. The summed E-state index contributed by atoms with van der Waals surface area (Å²) in [4.78, 5) is -0.251. The summed E-state index contributed by atoms with van der Waals surface area (Å²) in [5.74, 6) is -0.290. The van der Waals surface area contributed by atoms with E-state index in [1.54, 1.807) is 0 Å². The van der Waals surface area contributed by atoms with Crippen LogP contribution >= 0.6 is 0 Å². The van der Waals surface area contributed by atoms with E-state index in [0.717, 1.165) is 6.26 Å². The molecule has 0 atom stereocenters. The van der Waals surface area contributed by atoms with Crippen LogP contribution in [0.25, 0.3) is 0 Å². The Morgan fingerprint density at radius 3 is 2.31 bits per heavy atom. The second kappa shape index (κ2) is 4.32. The first-order valence-corrected chi connectivity index (χ1v) is 6.08. The lowest BCUT2D eigenvalue weighted by Crippen LogP contribution is -2.20. The fourth-order valence-corrected chi connectivity index (χ4v) is 1.85. The van der Waals surface area contributed by atoms with Crippen molar-refractivity contribution in [2.75, 3.05) is 12.9 Å². The highest BCUT2D eigenvalue weighted by molar-refractivity contribution is 7.90. The highest BCUT2D eigenvalue weighted by atomic mass is 32.2. The molecule has 1 rings (SSSR count). The molecular weight excluding hydrogens is 245 g/mol. The molecule has 0 saturated heterocycles. The Hall–Kier alpha value is -1.24. The zero-order valence-electron chi connectivity index (χ0n) is 8.28. The third-order valence-corrected chi connectivity index (χ3v) is 2.78. The van der Waals surface area contributed by atoms with Gasteiger partial charge in [0.2, 0.25) is 0 Å². The van der Waals surface area contributed by atoms with Crippen molar-refractivity contribution in [1.29, 1.82) is 0 Å². The average molecular weight is 254 g/mol. The summed E-state index contributed by atoms with van der Waals surface area (Å²) >= 11 is 0. The van der Waals surface area contributed by atoms with Crippen molar-refractivity contribution in [2.24, 2.45) is 0 Å². The van der Waals surface area contributed by atoms with E-state index in [2.05, 4.69) is 4.74 Å². The summed E-state index contributed by atoms with van der Waals surface area (Å²) in [5.41, 5.74) is 0. The van der Waals surface area contributed by atoms with Crippen LogP contribution in [0.5, 0.6) is 5.75 Å². The molecular formula is C9H9F3O3S. The average Bonchev–Trinajstić information content (AvgIpc) is 2.12. The SMILES string of the molecule is CS(=O)(=O)c1ccccc1OCC(F)(F)F. The van der Waals surface area contributed by atoms with E-state index >= 15 is 0 Å². The van der Waals surface area contributed by atoms with Gasteiger partial charge in [-0.1, -0.05) is 12.1 Å². The number of para-hydroxylation sites is 1. The Bertz CT molecular complexity index is 465. The number of halogens is 3. The van der Waals surface area contributed by atoms with Crippen molar-refractivity contribution >= 4 is 9.84 Å². The van der Waals surface area contributed by atoms with Crippen LogP contribution < -0.4 is 4.74 Å². The van der Waals surface area contributed by atoms with Gasteiger partial charge in [0.15, 0.2) is 16.4 Å². The molecule has 0 fully saturated rings. The predicted octanol–water partition coefficient (Wildman–Crippen LogP) is 2.03. The van der Waals surface area contributed by atoms with Crippen molar-refractivity contribution in [3.8, 4) is 5.75 Å². The number of ether oxygens (including phenoxy) is 1. The predicted molar refractivity (Wildman–Crippen MR) is 51.1 cm³/mol. The molecule has 1 aromatic carbocycles. The van der Waals surface area contributed by atoms with Crippen LogP contribution in [-0.2, 0) is 9.84 Å². The van der Waals surface area contributed by atoms with Crippen molar-refractivity contribution in [3.63, 3.8) is 0 Å². The molecule has 0 aliphatic rings. The van der Waals surface area contributed by atoms with Gasteiger partial charge in [0.1, 0.15) is 10.6 Å². The first kappa shape index (κ1) is 12.8. The normalized spacial score (nSPS) is 12.5. The van der Waals surface area contributed by atoms with Crippen LogP contribution in [-0.4, -0.2) is 27.5 Å². The lowest BCUT2D eigenvalue weighted by Gasteiger charge is -2.11. The molecule has 0 aromatic heterocycles. The monoisotopic (exact) mass is 254 g/mol. The maximum atomic E-state index is 11.9. The third-order valence-electron chi connectivity index (χ3n) is 1.64. The van der Waals surface area contributed by atoms with Gasteiger partial charge in [0.05, 0.1) is 0 Å². The highest BCUT2D eigenvalue weighted by Gasteiger charge is 2.29. The topological polar surface area (TPSA) is 43.4 Å². The Labute approximate surface area is 90.8 Å². The summed E-state index contributed by atoms with van der Waals surface area (Å²) in [6, 6.07) is 5.19. The van der Waals surface area contributed by atoms with Gasteiger partial charge in [-0.2, -0.15) is 13.2 Å². The van der Waals surface area contributed by atoms with Crippen molar-refractivity contribution in [2.45, 2.75) is 11.1 Å². The number of alkyl halides is 3. The molecule has 0 heterocycles. The zero-order valence-corrected chi connectivity index (χ0v) is 9.10. The lowest BCUT2D eigenvalue weighted by molar-refractivity contribution is -0.153. The lowest BCUT2D eigenvalue weighted by atomic mass is 10.3. The summed E-state index contributed by atoms with van der Waals surface area (Å²) in [5, 5.41) is 0. The number of hydrogen-bond acceptors (Lipinski definition) is 3. The van der Waals surface area contributed by atoms with Gasteiger partial charge in [0.25, 0.3) is 0 Å². The molecule has 0 spiro atoms. The standard InChI is InChI=1S/C9H9F3O3S/c1-16(13,14)8-5-3-2-4-7(8)15-6-9(10,11)12/h2-5H,6H2,1H3. The molecule has 1 aromatic rings. The molecule has 0 radical (unpaired) electrons. The van der Waals surface area contributed by atoms with Gasteiger partial charge in [-0.25, -0.2) is 8.42 Å². The smallest absolute Gasteiger partial charge is 0.422 e. The quantitative estimate of drug-likeness (QED) is 0.829. The van der Waals surface area contributed by atoms with Crippen molar-refractivity contribution < 1.29 is 26.3 Å². The first-order chi connectivity index (χ1) is 7.20. The maximum Gasteiger partial charge on any atom is 0.422 e. The van der Waals surface area contributed by atoms with Gasteiger partial charge >= 0.3 is 6.18 Å². The number of rotatable bonds is 3. The maximum absolute atomic E-state index is 11.9. The van der Waals surface area contributed by atoms with E-state index in [4.69, 9.17) is 0 Å². The Kier molecular flexibility index (Phi) is 3.47. The minimum absolute atomic E-state index is 0.251. The van der Waals surface area contributed by atoms with Gasteiger partial charge in [-0.05, 0) is 12.1 Å². The van der Waals surface area contributed by atoms with Crippen molar-refractivity contribution in [1.82, 2.24) is 0 Å². The van der Waals surface area contributed by atoms with E-state index in [-0.39, 0.29) is 10.6 Å². The molecule has 0 amide bonds. The van der Waals surface area contributed by atoms with Crippen LogP contribution in [0.1, 0.15) is 0 Å². The molecule has 0 saturated carbocycles. The Balaban J connectivity index is 2.97. The third kappa shape index (κ3) is 3.73. The number of benzene rings is 1. The second-order valence-corrected chi connectivity index (χ2v) is 5.11. The largest absolute Gasteiger partial charge is 0.483 e. The number of sulfone groups is 1.